The van der Waals surface area contributed by atoms with E-state index in [-0.39, 0.29) is 0 Å². The fourth-order valence-corrected chi connectivity index (χ4v) is 4.11. The van der Waals surface area contributed by atoms with Crippen molar-refractivity contribution in [1.29, 1.82) is 0 Å². The first-order valence-corrected chi connectivity index (χ1v) is 10.6. The fraction of sp³-hybridized carbons (Fsp3) is 0. The number of anilines is 4. The van der Waals surface area contributed by atoms with Crippen LogP contribution in [0.3, 0.4) is 0 Å². The van der Waals surface area contributed by atoms with Gasteiger partial charge in [0.2, 0.25) is 0 Å². The molecule has 0 radical (unpaired) electrons. The van der Waals surface area contributed by atoms with Crippen molar-refractivity contribution in [3.8, 4) is 11.1 Å². The molecule has 3 heteroatoms. The molecule has 0 aromatic heterocycles. The van der Waals surface area contributed by atoms with Gasteiger partial charge in [0, 0.05) is 38.7 Å². The van der Waals surface area contributed by atoms with Gasteiger partial charge < -0.3 is 10.6 Å². The van der Waals surface area contributed by atoms with Crippen LogP contribution in [0.25, 0.3) is 21.9 Å². The van der Waals surface area contributed by atoms with Crippen LogP contribution in [-0.4, -0.2) is 0 Å². The molecule has 0 aliphatic rings. The Bertz CT molecular complexity index is 1270. The molecule has 0 spiro atoms. The summed E-state index contributed by atoms with van der Waals surface area (Å²) >= 11 is 6.52. The number of nitrogens with one attached hydrogen (secondary N) is 2. The molecule has 0 saturated carbocycles. The maximum atomic E-state index is 6.52. The lowest BCUT2D eigenvalue weighted by Crippen LogP contribution is -1.99. The molecule has 0 bridgehead atoms. The zero-order chi connectivity index (χ0) is 21.0. The molecule has 31 heavy (non-hydrogen) atoms. The number of rotatable bonds is 5. The largest absolute Gasteiger partial charge is 0.355 e. The Kier molecular flexibility index (Phi) is 5.30. The first-order chi connectivity index (χ1) is 15.3. The third-order valence-corrected chi connectivity index (χ3v) is 5.64. The molecule has 150 valence electrons. The molecule has 0 saturated heterocycles. The van der Waals surface area contributed by atoms with Gasteiger partial charge in [-0.05, 0) is 53.4 Å². The number of fused-ring (bicyclic) bond motifs is 1. The van der Waals surface area contributed by atoms with Gasteiger partial charge in [0.1, 0.15) is 0 Å². The Labute approximate surface area is 187 Å². The maximum absolute atomic E-state index is 6.52. The summed E-state index contributed by atoms with van der Waals surface area (Å²) in [5, 5.41) is 10.1. The van der Waals surface area contributed by atoms with E-state index in [4.69, 9.17) is 11.6 Å². The summed E-state index contributed by atoms with van der Waals surface area (Å²) in [6, 6.07) is 39.1. The van der Waals surface area contributed by atoms with E-state index in [1.54, 1.807) is 0 Å². The second-order valence-electron chi connectivity index (χ2n) is 7.35. The summed E-state index contributed by atoms with van der Waals surface area (Å²) < 4.78 is 0. The summed E-state index contributed by atoms with van der Waals surface area (Å²) in [4.78, 5) is 0. The van der Waals surface area contributed by atoms with Gasteiger partial charge in [-0.25, -0.2) is 0 Å². The summed E-state index contributed by atoms with van der Waals surface area (Å²) in [5.41, 5.74) is 6.36. The molecule has 0 aliphatic carbocycles. The molecule has 5 rings (SSSR count). The van der Waals surface area contributed by atoms with E-state index >= 15 is 0 Å². The van der Waals surface area contributed by atoms with Crippen molar-refractivity contribution < 1.29 is 0 Å². The van der Waals surface area contributed by atoms with Crippen LogP contribution >= 0.6 is 11.6 Å². The molecule has 0 unspecified atom stereocenters. The number of benzene rings is 5. The van der Waals surface area contributed by atoms with Gasteiger partial charge in [0.15, 0.2) is 0 Å². The lowest BCUT2D eigenvalue weighted by Gasteiger charge is -2.20. The molecule has 0 aliphatic heterocycles. The summed E-state index contributed by atoms with van der Waals surface area (Å²) in [6.45, 7) is 0. The van der Waals surface area contributed by atoms with Gasteiger partial charge in [-0.1, -0.05) is 84.4 Å². The third kappa shape index (κ3) is 3.98. The van der Waals surface area contributed by atoms with E-state index in [1.165, 1.54) is 0 Å². The Hall–Kier alpha value is -3.75. The lowest BCUT2D eigenvalue weighted by molar-refractivity contribution is 1.51. The topological polar surface area (TPSA) is 24.1 Å². The number of halogens is 1. The van der Waals surface area contributed by atoms with Crippen LogP contribution in [0.5, 0.6) is 0 Å². The Morgan fingerprint density at radius 3 is 1.55 bits per heavy atom. The van der Waals surface area contributed by atoms with Crippen molar-refractivity contribution in [1.82, 2.24) is 0 Å². The molecule has 0 amide bonds. The van der Waals surface area contributed by atoms with Gasteiger partial charge in [-0.3, -0.25) is 0 Å². The van der Waals surface area contributed by atoms with Crippen LogP contribution in [0, 0.1) is 0 Å². The van der Waals surface area contributed by atoms with E-state index < -0.39 is 0 Å². The summed E-state index contributed by atoms with van der Waals surface area (Å²) in [6.07, 6.45) is 0. The highest BCUT2D eigenvalue weighted by molar-refractivity contribution is 6.36. The van der Waals surface area contributed by atoms with Crippen molar-refractivity contribution in [3.63, 3.8) is 0 Å². The lowest BCUT2D eigenvalue weighted by atomic mass is 9.95. The van der Waals surface area contributed by atoms with E-state index in [0.29, 0.717) is 0 Å². The van der Waals surface area contributed by atoms with Gasteiger partial charge in [-0.2, -0.15) is 0 Å². The molecule has 0 fully saturated rings. The zero-order valence-corrected chi connectivity index (χ0v) is 17.6. The minimum absolute atomic E-state index is 0.755. The monoisotopic (exact) mass is 420 g/mol. The van der Waals surface area contributed by atoms with E-state index in [1.807, 2.05) is 48.5 Å². The second kappa shape index (κ2) is 8.55. The van der Waals surface area contributed by atoms with Crippen LogP contribution in [0.2, 0.25) is 5.02 Å². The molecule has 2 nitrogen and oxygen atoms in total. The van der Waals surface area contributed by atoms with E-state index in [0.717, 1.165) is 49.7 Å². The maximum Gasteiger partial charge on any atom is 0.0485 e. The van der Waals surface area contributed by atoms with Gasteiger partial charge in [0.05, 0.1) is 0 Å². The molecule has 2 N–H and O–H groups in total. The minimum Gasteiger partial charge on any atom is -0.355 e. The SMILES string of the molecule is Clc1ccc(-c2c(Nc3ccccc3)cccc2Nc2ccccc2)c2ccccc12. The van der Waals surface area contributed by atoms with E-state index in [2.05, 4.69) is 77.4 Å². The highest BCUT2D eigenvalue weighted by Crippen LogP contribution is 2.42. The number of hydrogen-bond donors (Lipinski definition) is 2. The smallest absolute Gasteiger partial charge is 0.0485 e. The zero-order valence-electron chi connectivity index (χ0n) is 16.8. The summed E-state index contributed by atoms with van der Waals surface area (Å²) in [5.74, 6) is 0. The second-order valence-corrected chi connectivity index (χ2v) is 7.76. The van der Waals surface area contributed by atoms with Crippen molar-refractivity contribution in [3.05, 3.63) is 120 Å². The highest BCUT2D eigenvalue weighted by Gasteiger charge is 2.15. The normalized spacial score (nSPS) is 10.7. The van der Waals surface area contributed by atoms with Crippen molar-refractivity contribution in [2.75, 3.05) is 10.6 Å². The quantitative estimate of drug-likeness (QED) is 0.297. The first-order valence-electron chi connectivity index (χ1n) is 10.2. The molecule has 5 aromatic carbocycles. The number of hydrogen-bond acceptors (Lipinski definition) is 2. The van der Waals surface area contributed by atoms with Crippen molar-refractivity contribution in [2.24, 2.45) is 0 Å². The Morgan fingerprint density at radius 2 is 0.968 bits per heavy atom. The van der Waals surface area contributed by atoms with Crippen LogP contribution in [0.15, 0.2) is 115 Å². The fourth-order valence-electron chi connectivity index (χ4n) is 3.89. The highest BCUT2D eigenvalue weighted by atomic mass is 35.5. The van der Waals surface area contributed by atoms with Crippen LogP contribution in [0.4, 0.5) is 22.7 Å². The molecular weight excluding hydrogens is 400 g/mol. The average molecular weight is 421 g/mol. The molecule has 5 aromatic rings. The Balaban J connectivity index is 1.73. The third-order valence-electron chi connectivity index (χ3n) is 5.31. The van der Waals surface area contributed by atoms with Gasteiger partial charge in [-0.15, -0.1) is 0 Å². The molecular formula is C28H21ClN2. The van der Waals surface area contributed by atoms with Crippen LogP contribution in [0.1, 0.15) is 0 Å². The van der Waals surface area contributed by atoms with Gasteiger partial charge in [0.25, 0.3) is 0 Å². The first kappa shape index (κ1) is 19.2. The van der Waals surface area contributed by atoms with Crippen LogP contribution in [-0.2, 0) is 0 Å². The average Bonchev–Trinajstić information content (AvgIpc) is 2.82. The minimum atomic E-state index is 0.755. The summed E-state index contributed by atoms with van der Waals surface area (Å²) in [7, 11) is 0. The standard InChI is InChI=1S/C28H21ClN2/c29-25-19-18-24(22-14-7-8-15-23(22)25)28-26(30-20-10-3-1-4-11-20)16-9-17-27(28)31-21-12-5-2-6-13-21/h1-19,30-31H. The van der Waals surface area contributed by atoms with Crippen molar-refractivity contribution in [2.45, 2.75) is 0 Å². The predicted octanol–water partition coefficient (Wildman–Crippen LogP) is 8.65. The number of para-hydroxylation sites is 2. The van der Waals surface area contributed by atoms with Crippen LogP contribution < -0.4 is 10.6 Å². The molecule has 0 atom stereocenters. The Morgan fingerprint density at radius 1 is 0.452 bits per heavy atom. The predicted molar refractivity (Wildman–Crippen MR) is 134 cm³/mol. The molecule has 0 heterocycles. The van der Waals surface area contributed by atoms with Crippen molar-refractivity contribution >= 4 is 45.1 Å². The van der Waals surface area contributed by atoms with Gasteiger partial charge >= 0.3 is 0 Å². The van der Waals surface area contributed by atoms with E-state index in [9.17, 15) is 0 Å².